The summed E-state index contributed by atoms with van der Waals surface area (Å²) in [6, 6.07) is 0. The molecule has 0 aromatic carbocycles. The van der Waals surface area contributed by atoms with Gasteiger partial charge in [-0.2, -0.15) is 0 Å². The summed E-state index contributed by atoms with van der Waals surface area (Å²) in [5.74, 6) is 0. The lowest BCUT2D eigenvalue weighted by Gasteiger charge is -2.18. The van der Waals surface area contributed by atoms with Gasteiger partial charge in [-0.15, -0.1) is 0 Å². The van der Waals surface area contributed by atoms with E-state index in [9.17, 15) is 4.79 Å². The zero-order valence-electron chi connectivity index (χ0n) is 7.46. The van der Waals surface area contributed by atoms with Gasteiger partial charge in [-0.3, -0.25) is 0 Å². The van der Waals surface area contributed by atoms with Gasteiger partial charge in [0.1, 0.15) is 6.29 Å². The van der Waals surface area contributed by atoms with Gasteiger partial charge >= 0.3 is 0 Å². The standard InChI is InChI=1S/C9H16O2/c1-9(2,6-7-10)5-4-8-11-3/h4,7-8H,5-6H2,1-3H3/b8-4-. The minimum Gasteiger partial charge on any atom is -0.505 e. The highest BCUT2D eigenvalue weighted by molar-refractivity contribution is 5.50. The molecule has 0 aromatic heterocycles. The Morgan fingerprint density at radius 3 is 2.45 bits per heavy atom. The molecular formula is C9H16O2. The van der Waals surface area contributed by atoms with E-state index in [2.05, 4.69) is 13.8 Å². The first-order valence-electron chi connectivity index (χ1n) is 3.74. The molecule has 2 heteroatoms. The highest BCUT2D eigenvalue weighted by atomic mass is 16.5. The van der Waals surface area contributed by atoms with E-state index >= 15 is 0 Å². The van der Waals surface area contributed by atoms with Gasteiger partial charge in [0, 0.05) is 6.42 Å². The van der Waals surface area contributed by atoms with Crippen LogP contribution in [0.4, 0.5) is 0 Å². The first kappa shape index (κ1) is 10.2. The van der Waals surface area contributed by atoms with E-state index < -0.39 is 0 Å². The first-order chi connectivity index (χ1) is 5.12. The summed E-state index contributed by atoms with van der Waals surface area (Å²) in [5.41, 5.74) is 0.0663. The molecule has 0 aliphatic carbocycles. The third-order valence-corrected chi connectivity index (χ3v) is 1.54. The summed E-state index contributed by atoms with van der Waals surface area (Å²) in [4.78, 5) is 10.2. The minimum absolute atomic E-state index is 0.0663. The molecule has 0 amide bonds. The molecule has 0 heterocycles. The first-order valence-corrected chi connectivity index (χ1v) is 3.74. The zero-order valence-corrected chi connectivity index (χ0v) is 7.46. The lowest BCUT2D eigenvalue weighted by atomic mass is 9.86. The van der Waals surface area contributed by atoms with Gasteiger partial charge in [0.2, 0.25) is 0 Å². The predicted octanol–water partition coefficient (Wildman–Crippen LogP) is 2.15. The molecule has 0 spiro atoms. The number of allylic oxidation sites excluding steroid dienone is 1. The fraction of sp³-hybridized carbons (Fsp3) is 0.667. The second-order valence-corrected chi connectivity index (χ2v) is 3.35. The lowest BCUT2D eigenvalue weighted by Crippen LogP contribution is -2.10. The van der Waals surface area contributed by atoms with E-state index in [-0.39, 0.29) is 5.41 Å². The summed E-state index contributed by atoms with van der Waals surface area (Å²) < 4.78 is 4.75. The maximum atomic E-state index is 10.2. The molecule has 11 heavy (non-hydrogen) atoms. The van der Waals surface area contributed by atoms with Crippen molar-refractivity contribution in [1.82, 2.24) is 0 Å². The number of aldehydes is 1. The molecule has 0 aliphatic rings. The molecule has 0 fully saturated rings. The third-order valence-electron chi connectivity index (χ3n) is 1.54. The fourth-order valence-electron chi connectivity index (χ4n) is 0.772. The number of rotatable bonds is 5. The van der Waals surface area contributed by atoms with Crippen molar-refractivity contribution in [2.75, 3.05) is 7.11 Å². The van der Waals surface area contributed by atoms with E-state index in [1.165, 1.54) is 0 Å². The Bertz CT molecular complexity index is 136. The second kappa shape index (κ2) is 4.94. The monoisotopic (exact) mass is 156 g/mol. The van der Waals surface area contributed by atoms with Gasteiger partial charge in [-0.1, -0.05) is 13.8 Å². The summed E-state index contributed by atoms with van der Waals surface area (Å²) in [5, 5.41) is 0. The van der Waals surface area contributed by atoms with E-state index in [0.29, 0.717) is 6.42 Å². The Morgan fingerprint density at radius 1 is 1.36 bits per heavy atom. The predicted molar refractivity (Wildman–Crippen MR) is 45.2 cm³/mol. The van der Waals surface area contributed by atoms with Crippen LogP contribution in [-0.4, -0.2) is 13.4 Å². The van der Waals surface area contributed by atoms with E-state index in [4.69, 9.17) is 4.74 Å². The molecule has 0 unspecified atom stereocenters. The van der Waals surface area contributed by atoms with Crippen LogP contribution in [0, 0.1) is 5.41 Å². The van der Waals surface area contributed by atoms with Crippen molar-refractivity contribution in [2.24, 2.45) is 5.41 Å². The number of carbonyl (C=O) groups is 1. The molecule has 0 N–H and O–H groups in total. The number of hydrogen-bond donors (Lipinski definition) is 0. The van der Waals surface area contributed by atoms with Crippen molar-refractivity contribution < 1.29 is 9.53 Å². The van der Waals surface area contributed by atoms with Crippen LogP contribution in [0.5, 0.6) is 0 Å². The van der Waals surface area contributed by atoms with Crippen LogP contribution in [0.15, 0.2) is 12.3 Å². The molecule has 0 aliphatic heterocycles. The average molecular weight is 156 g/mol. The molecule has 0 bridgehead atoms. The van der Waals surface area contributed by atoms with Crippen molar-refractivity contribution in [3.8, 4) is 0 Å². The SMILES string of the molecule is CO/C=C\CC(C)(C)CC=O. The summed E-state index contributed by atoms with van der Waals surface area (Å²) >= 11 is 0. The molecule has 0 aromatic rings. The van der Waals surface area contributed by atoms with E-state index in [1.807, 2.05) is 6.08 Å². The number of ether oxygens (including phenoxy) is 1. The van der Waals surface area contributed by atoms with Crippen molar-refractivity contribution in [3.05, 3.63) is 12.3 Å². The Labute approximate surface area is 68.2 Å². The van der Waals surface area contributed by atoms with Crippen LogP contribution in [0.2, 0.25) is 0 Å². The van der Waals surface area contributed by atoms with Crippen molar-refractivity contribution >= 4 is 6.29 Å². The Hall–Kier alpha value is -0.790. The zero-order chi connectivity index (χ0) is 8.74. The van der Waals surface area contributed by atoms with Crippen molar-refractivity contribution in [1.29, 1.82) is 0 Å². The van der Waals surface area contributed by atoms with E-state index in [1.54, 1.807) is 13.4 Å². The van der Waals surface area contributed by atoms with Gasteiger partial charge in [-0.25, -0.2) is 0 Å². The minimum atomic E-state index is 0.0663. The van der Waals surface area contributed by atoms with E-state index in [0.717, 1.165) is 12.7 Å². The van der Waals surface area contributed by atoms with Crippen molar-refractivity contribution in [2.45, 2.75) is 26.7 Å². The molecule has 0 atom stereocenters. The van der Waals surface area contributed by atoms with Crippen LogP contribution < -0.4 is 0 Å². The average Bonchev–Trinajstić information content (AvgIpc) is 1.87. The second-order valence-electron chi connectivity index (χ2n) is 3.35. The number of methoxy groups -OCH3 is 1. The summed E-state index contributed by atoms with van der Waals surface area (Å²) in [7, 11) is 1.61. The molecular weight excluding hydrogens is 140 g/mol. The number of carbonyl (C=O) groups excluding carboxylic acids is 1. The Kier molecular flexibility index (Phi) is 4.59. The molecule has 0 saturated heterocycles. The number of hydrogen-bond acceptors (Lipinski definition) is 2. The van der Waals surface area contributed by atoms with Crippen LogP contribution in [0.25, 0.3) is 0 Å². The third kappa shape index (κ3) is 5.64. The molecule has 0 saturated carbocycles. The Balaban J connectivity index is 3.71. The maximum absolute atomic E-state index is 10.2. The van der Waals surface area contributed by atoms with Crippen LogP contribution in [-0.2, 0) is 9.53 Å². The van der Waals surface area contributed by atoms with Gasteiger partial charge < -0.3 is 9.53 Å². The van der Waals surface area contributed by atoms with Gasteiger partial charge in [0.15, 0.2) is 0 Å². The maximum Gasteiger partial charge on any atom is 0.120 e. The normalized spacial score (nSPS) is 11.9. The topological polar surface area (TPSA) is 26.3 Å². The highest BCUT2D eigenvalue weighted by Gasteiger charge is 2.14. The molecule has 64 valence electrons. The van der Waals surface area contributed by atoms with Gasteiger partial charge in [-0.05, 0) is 17.9 Å². The van der Waals surface area contributed by atoms with Crippen molar-refractivity contribution in [3.63, 3.8) is 0 Å². The van der Waals surface area contributed by atoms with Gasteiger partial charge in [0.25, 0.3) is 0 Å². The van der Waals surface area contributed by atoms with Crippen LogP contribution >= 0.6 is 0 Å². The smallest absolute Gasteiger partial charge is 0.120 e. The highest BCUT2D eigenvalue weighted by Crippen LogP contribution is 2.23. The molecule has 0 rings (SSSR count). The Morgan fingerprint density at radius 2 is 2.00 bits per heavy atom. The summed E-state index contributed by atoms with van der Waals surface area (Å²) in [6.07, 6.45) is 6.01. The molecule has 2 nitrogen and oxygen atoms in total. The van der Waals surface area contributed by atoms with Crippen LogP contribution in [0.1, 0.15) is 26.7 Å². The molecule has 0 radical (unpaired) electrons. The largest absolute Gasteiger partial charge is 0.505 e. The quantitative estimate of drug-likeness (QED) is 0.450. The van der Waals surface area contributed by atoms with Crippen LogP contribution in [0.3, 0.4) is 0 Å². The fourth-order valence-corrected chi connectivity index (χ4v) is 0.772. The van der Waals surface area contributed by atoms with Gasteiger partial charge in [0.05, 0.1) is 13.4 Å². The summed E-state index contributed by atoms with van der Waals surface area (Å²) in [6.45, 7) is 4.11. The lowest BCUT2D eigenvalue weighted by molar-refractivity contribution is -0.109.